The Bertz CT molecular complexity index is 1020. The number of aliphatic imine (C=N–C) groups is 1. The Morgan fingerprint density at radius 2 is 1.87 bits per heavy atom. The van der Waals surface area contributed by atoms with Gasteiger partial charge in [0, 0.05) is 45.5 Å². The molecule has 10 heteroatoms. The molecule has 3 N–H and O–H groups in total. The van der Waals surface area contributed by atoms with Gasteiger partial charge in [0.2, 0.25) is 5.88 Å². The Labute approximate surface area is 180 Å². The third kappa shape index (κ3) is 5.74. The first kappa shape index (κ1) is 22.6. The highest BCUT2D eigenvalue weighted by Crippen LogP contribution is 2.27. The second kappa shape index (κ2) is 10.8. The van der Waals surface area contributed by atoms with Gasteiger partial charge in [-0.15, -0.1) is 0 Å². The largest absolute Gasteiger partial charge is 0.494 e. The van der Waals surface area contributed by atoms with E-state index in [4.69, 9.17) is 9.47 Å². The number of rotatable bonds is 9. The molecular formula is C21H29N5O5. The van der Waals surface area contributed by atoms with E-state index in [-0.39, 0.29) is 18.0 Å². The molecule has 1 fully saturated rings. The van der Waals surface area contributed by atoms with Crippen LogP contribution in [0.4, 0.5) is 0 Å². The second-order valence-electron chi connectivity index (χ2n) is 7.21. The van der Waals surface area contributed by atoms with Gasteiger partial charge in [0.25, 0.3) is 5.56 Å². The van der Waals surface area contributed by atoms with Gasteiger partial charge in [-0.1, -0.05) is 6.07 Å². The maximum absolute atomic E-state index is 12.2. The summed E-state index contributed by atoms with van der Waals surface area (Å²) in [5.74, 6) is 0.796. The number of hydrogen-bond acceptors (Lipinski definition) is 8. The van der Waals surface area contributed by atoms with Crippen LogP contribution in [0.5, 0.6) is 17.4 Å². The molecule has 0 radical (unpaired) electrons. The Balaban J connectivity index is 1.70. The van der Waals surface area contributed by atoms with E-state index < -0.39 is 11.2 Å². The number of aryl methyl sites for hydroxylation is 1. The molecule has 1 saturated heterocycles. The molecule has 0 aliphatic carbocycles. The van der Waals surface area contributed by atoms with E-state index in [2.05, 4.69) is 20.2 Å². The fourth-order valence-corrected chi connectivity index (χ4v) is 3.47. The fraction of sp³-hybridized carbons (Fsp3) is 0.476. The number of nitrogens with one attached hydrogen (secondary N) is 2. The first-order chi connectivity index (χ1) is 15.0. The SMILES string of the molecule is COc1ccc(CCn2c(O)c(C=NCCN3CCNCC3)c(=O)[nH]c2=O)cc1OC. The molecule has 1 aromatic carbocycles. The predicted octanol–water partition coefficient (Wildman–Crippen LogP) is -0.174. The van der Waals surface area contributed by atoms with E-state index in [0.29, 0.717) is 24.5 Å². The number of aromatic amines is 1. The number of benzene rings is 1. The predicted molar refractivity (Wildman–Crippen MR) is 118 cm³/mol. The van der Waals surface area contributed by atoms with Crippen molar-refractivity contribution >= 4 is 6.21 Å². The van der Waals surface area contributed by atoms with E-state index in [1.807, 2.05) is 12.1 Å². The summed E-state index contributed by atoms with van der Waals surface area (Å²) in [7, 11) is 3.11. The summed E-state index contributed by atoms with van der Waals surface area (Å²) in [5, 5.41) is 13.8. The molecule has 2 aromatic rings. The summed E-state index contributed by atoms with van der Waals surface area (Å²) in [6.45, 7) is 5.28. The van der Waals surface area contributed by atoms with Crippen LogP contribution in [0.2, 0.25) is 0 Å². The summed E-state index contributed by atoms with van der Waals surface area (Å²) in [4.78, 5) is 33.2. The number of H-pyrrole nitrogens is 1. The zero-order chi connectivity index (χ0) is 22.2. The minimum absolute atomic E-state index is 0.0211. The first-order valence-electron chi connectivity index (χ1n) is 10.2. The molecule has 3 rings (SSSR count). The van der Waals surface area contributed by atoms with Gasteiger partial charge in [0.15, 0.2) is 11.5 Å². The van der Waals surface area contributed by atoms with Crippen LogP contribution in [0.15, 0.2) is 32.8 Å². The van der Waals surface area contributed by atoms with E-state index in [1.165, 1.54) is 6.21 Å². The van der Waals surface area contributed by atoms with Crippen LogP contribution in [-0.2, 0) is 13.0 Å². The van der Waals surface area contributed by atoms with Gasteiger partial charge in [-0.05, 0) is 24.1 Å². The number of aromatic nitrogens is 2. The van der Waals surface area contributed by atoms with Crippen molar-refractivity contribution in [3.8, 4) is 17.4 Å². The number of hydrogen-bond donors (Lipinski definition) is 3. The summed E-state index contributed by atoms with van der Waals surface area (Å²) in [5.41, 5.74) is -0.453. The minimum atomic E-state index is -0.666. The van der Waals surface area contributed by atoms with Gasteiger partial charge in [-0.25, -0.2) is 4.79 Å². The van der Waals surface area contributed by atoms with Gasteiger partial charge in [0.1, 0.15) is 5.56 Å². The van der Waals surface area contributed by atoms with Crippen LogP contribution in [0.3, 0.4) is 0 Å². The molecule has 1 aliphatic rings. The Hall–Kier alpha value is -3.11. The van der Waals surface area contributed by atoms with Crippen LogP contribution in [0, 0.1) is 0 Å². The van der Waals surface area contributed by atoms with Gasteiger partial charge >= 0.3 is 5.69 Å². The van der Waals surface area contributed by atoms with Gasteiger partial charge < -0.3 is 19.9 Å². The lowest BCUT2D eigenvalue weighted by Crippen LogP contribution is -2.44. The molecule has 0 spiro atoms. The molecule has 0 bridgehead atoms. The van der Waals surface area contributed by atoms with Crippen molar-refractivity contribution in [1.29, 1.82) is 0 Å². The first-order valence-corrected chi connectivity index (χ1v) is 10.2. The molecule has 0 unspecified atom stereocenters. The third-order valence-electron chi connectivity index (χ3n) is 5.25. The molecule has 31 heavy (non-hydrogen) atoms. The van der Waals surface area contributed by atoms with Crippen LogP contribution in [-0.4, -0.2) is 79.3 Å². The standard InChI is InChI=1S/C21H29N5O5/c1-30-17-4-3-15(13-18(17)31-2)5-9-26-20(28)16(19(27)24-21(26)29)14-23-8-12-25-10-6-22-7-11-25/h3-4,13-14,22,28H,5-12H2,1-2H3,(H,24,27,29). The lowest BCUT2D eigenvalue weighted by molar-refractivity contribution is 0.248. The van der Waals surface area contributed by atoms with Crippen molar-refractivity contribution < 1.29 is 14.6 Å². The zero-order valence-electron chi connectivity index (χ0n) is 17.9. The molecular weight excluding hydrogens is 402 g/mol. The van der Waals surface area contributed by atoms with Crippen molar-refractivity contribution in [3.05, 3.63) is 50.2 Å². The van der Waals surface area contributed by atoms with Crippen molar-refractivity contribution in [2.45, 2.75) is 13.0 Å². The van der Waals surface area contributed by atoms with Crippen molar-refractivity contribution in [2.24, 2.45) is 4.99 Å². The number of methoxy groups -OCH3 is 2. The summed E-state index contributed by atoms with van der Waals surface area (Å²) in [6.07, 6.45) is 1.78. The highest BCUT2D eigenvalue weighted by Gasteiger charge is 2.14. The van der Waals surface area contributed by atoms with Crippen molar-refractivity contribution in [1.82, 2.24) is 19.8 Å². The van der Waals surface area contributed by atoms with E-state index in [9.17, 15) is 14.7 Å². The highest BCUT2D eigenvalue weighted by molar-refractivity contribution is 5.81. The average molecular weight is 431 g/mol. The molecule has 10 nitrogen and oxygen atoms in total. The molecule has 1 aromatic heterocycles. The van der Waals surface area contributed by atoms with Crippen LogP contribution < -0.4 is 26.0 Å². The van der Waals surface area contributed by atoms with E-state index in [0.717, 1.165) is 42.9 Å². The van der Waals surface area contributed by atoms with E-state index in [1.54, 1.807) is 20.3 Å². The molecule has 168 valence electrons. The zero-order valence-corrected chi connectivity index (χ0v) is 17.9. The summed E-state index contributed by atoms with van der Waals surface area (Å²) < 4.78 is 11.7. The number of ether oxygens (including phenoxy) is 2. The normalized spacial score (nSPS) is 14.8. The minimum Gasteiger partial charge on any atom is -0.494 e. The second-order valence-corrected chi connectivity index (χ2v) is 7.21. The van der Waals surface area contributed by atoms with Crippen molar-refractivity contribution in [2.75, 3.05) is 53.5 Å². The summed E-state index contributed by atoms with van der Waals surface area (Å²) in [6, 6.07) is 5.44. The fourth-order valence-electron chi connectivity index (χ4n) is 3.47. The van der Waals surface area contributed by atoms with Crippen LogP contribution in [0.25, 0.3) is 0 Å². The smallest absolute Gasteiger partial charge is 0.331 e. The van der Waals surface area contributed by atoms with Crippen molar-refractivity contribution in [3.63, 3.8) is 0 Å². The highest BCUT2D eigenvalue weighted by atomic mass is 16.5. The van der Waals surface area contributed by atoms with E-state index >= 15 is 0 Å². The molecule has 1 aliphatic heterocycles. The lowest BCUT2D eigenvalue weighted by Gasteiger charge is -2.26. The molecule has 0 atom stereocenters. The van der Waals surface area contributed by atoms with Gasteiger partial charge in [0.05, 0.1) is 20.8 Å². The molecule has 0 saturated carbocycles. The maximum Gasteiger partial charge on any atom is 0.331 e. The summed E-state index contributed by atoms with van der Waals surface area (Å²) >= 11 is 0. The monoisotopic (exact) mass is 431 g/mol. The Morgan fingerprint density at radius 1 is 1.13 bits per heavy atom. The van der Waals surface area contributed by atoms with Gasteiger partial charge in [-0.3, -0.25) is 24.2 Å². The van der Waals surface area contributed by atoms with Gasteiger partial charge in [-0.2, -0.15) is 0 Å². The molecule has 0 amide bonds. The number of piperazine rings is 1. The lowest BCUT2D eigenvalue weighted by atomic mass is 10.1. The number of nitrogens with zero attached hydrogens (tertiary/aromatic N) is 3. The molecule has 2 heterocycles. The third-order valence-corrected chi connectivity index (χ3v) is 5.25. The maximum atomic E-state index is 12.2. The Morgan fingerprint density at radius 3 is 2.58 bits per heavy atom. The topological polar surface area (TPSA) is 121 Å². The average Bonchev–Trinajstić information content (AvgIpc) is 2.78. The number of aromatic hydroxyl groups is 1. The van der Waals surface area contributed by atoms with Crippen LogP contribution >= 0.6 is 0 Å². The quantitative estimate of drug-likeness (QED) is 0.471. The van der Waals surface area contributed by atoms with Crippen LogP contribution in [0.1, 0.15) is 11.1 Å². The Kier molecular flexibility index (Phi) is 7.85.